The lowest BCUT2D eigenvalue weighted by molar-refractivity contribution is -0.385. The Labute approximate surface area is 215 Å². The summed E-state index contributed by atoms with van der Waals surface area (Å²) in [6.07, 6.45) is 2.17. The van der Waals surface area contributed by atoms with Crippen LogP contribution in [0.5, 0.6) is 0 Å². The van der Waals surface area contributed by atoms with Gasteiger partial charge in [0.1, 0.15) is 6.10 Å². The van der Waals surface area contributed by atoms with E-state index < -0.39 is 57.8 Å². The number of hydrogen-bond acceptors (Lipinski definition) is 8. The summed E-state index contributed by atoms with van der Waals surface area (Å²) in [5.41, 5.74) is -0.668. The molecule has 1 saturated carbocycles. The monoisotopic (exact) mass is 512 g/mol. The van der Waals surface area contributed by atoms with Crippen LogP contribution in [0.4, 0.5) is 10.5 Å². The van der Waals surface area contributed by atoms with Crippen molar-refractivity contribution in [1.29, 1.82) is 0 Å². The fourth-order valence-electron chi connectivity index (χ4n) is 6.46. The SMILES string of the molecule is C=C[C@]12CN(C(=O)OC)[C@@H]3[C@@H](COC(=O)C(C)(C)C)[C@H]1[C@H](OC(C)=O)C=C(c1ccccc1[N+](=O)[O-])[C@@H]32. The summed E-state index contributed by atoms with van der Waals surface area (Å²) in [5, 5.41) is 11.9. The first kappa shape index (κ1) is 26.4. The number of piperidine rings is 1. The third kappa shape index (κ3) is 4.18. The molecule has 1 heterocycles. The summed E-state index contributed by atoms with van der Waals surface area (Å²) < 4.78 is 16.6. The number of likely N-dealkylation sites (tertiary alicyclic amines) is 1. The van der Waals surface area contributed by atoms with Gasteiger partial charge < -0.3 is 19.1 Å². The number of rotatable bonds is 6. The van der Waals surface area contributed by atoms with E-state index in [1.54, 1.807) is 56.0 Å². The highest BCUT2D eigenvalue weighted by Gasteiger charge is 2.72. The Morgan fingerprint density at radius 1 is 1.27 bits per heavy atom. The second kappa shape index (κ2) is 9.32. The number of nitrogens with zero attached hydrogens (tertiary/aromatic N) is 2. The predicted octanol–water partition coefficient (Wildman–Crippen LogP) is 4.00. The number of hydrogen-bond donors (Lipinski definition) is 0. The molecule has 1 aliphatic heterocycles. The molecule has 10 nitrogen and oxygen atoms in total. The van der Waals surface area contributed by atoms with Gasteiger partial charge in [-0.2, -0.15) is 0 Å². The Morgan fingerprint density at radius 2 is 1.95 bits per heavy atom. The van der Waals surface area contributed by atoms with Crippen molar-refractivity contribution in [3.05, 3.63) is 58.7 Å². The Hall–Kier alpha value is -3.69. The first-order chi connectivity index (χ1) is 17.4. The minimum absolute atomic E-state index is 0.0270. The van der Waals surface area contributed by atoms with E-state index in [4.69, 9.17) is 14.2 Å². The molecule has 0 unspecified atom stereocenters. The number of benzene rings is 1. The second-order valence-corrected chi connectivity index (χ2v) is 10.9. The van der Waals surface area contributed by atoms with Gasteiger partial charge in [0.2, 0.25) is 0 Å². The maximum Gasteiger partial charge on any atom is 0.409 e. The average molecular weight is 513 g/mol. The van der Waals surface area contributed by atoms with E-state index in [0.717, 1.165) is 0 Å². The van der Waals surface area contributed by atoms with Gasteiger partial charge in [0, 0.05) is 48.7 Å². The van der Waals surface area contributed by atoms with Gasteiger partial charge >= 0.3 is 18.0 Å². The summed E-state index contributed by atoms with van der Waals surface area (Å²) in [7, 11) is 1.29. The Balaban J connectivity index is 1.90. The van der Waals surface area contributed by atoms with E-state index in [9.17, 15) is 24.5 Å². The summed E-state index contributed by atoms with van der Waals surface area (Å²) in [4.78, 5) is 50.8. The molecule has 0 N–H and O–H groups in total. The van der Waals surface area contributed by atoms with Gasteiger partial charge in [0.15, 0.2) is 0 Å². The zero-order valence-corrected chi connectivity index (χ0v) is 21.6. The topological polar surface area (TPSA) is 125 Å². The third-order valence-corrected chi connectivity index (χ3v) is 7.80. The molecule has 3 aliphatic rings. The molecule has 0 spiro atoms. The van der Waals surface area contributed by atoms with E-state index in [1.807, 2.05) is 0 Å². The summed E-state index contributed by atoms with van der Waals surface area (Å²) >= 11 is 0. The van der Waals surface area contributed by atoms with Gasteiger partial charge in [-0.1, -0.05) is 18.2 Å². The lowest BCUT2D eigenvalue weighted by Gasteiger charge is -2.45. The number of esters is 2. The molecule has 2 aliphatic carbocycles. The average Bonchev–Trinajstić information content (AvgIpc) is 3.28. The largest absolute Gasteiger partial charge is 0.465 e. The summed E-state index contributed by atoms with van der Waals surface area (Å²) in [5.74, 6) is -2.15. The molecule has 37 heavy (non-hydrogen) atoms. The zero-order chi connectivity index (χ0) is 27.3. The minimum atomic E-state index is -0.800. The van der Waals surface area contributed by atoms with Gasteiger partial charge in [0.05, 0.1) is 29.6 Å². The molecule has 4 rings (SSSR count). The van der Waals surface area contributed by atoms with Crippen molar-refractivity contribution in [2.45, 2.75) is 39.8 Å². The van der Waals surface area contributed by atoms with E-state index in [1.165, 1.54) is 20.1 Å². The van der Waals surface area contributed by atoms with Crippen LogP contribution in [0.15, 0.2) is 43.0 Å². The highest BCUT2D eigenvalue weighted by atomic mass is 16.6. The number of carbonyl (C=O) groups is 3. The Kier molecular flexibility index (Phi) is 6.64. The number of carbonyl (C=O) groups excluding carboxylic acids is 3. The van der Waals surface area contributed by atoms with E-state index in [0.29, 0.717) is 11.1 Å². The van der Waals surface area contributed by atoms with Crippen molar-refractivity contribution in [3.8, 4) is 0 Å². The summed E-state index contributed by atoms with van der Waals surface area (Å²) in [6.45, 7) is 10.8. The van der Waals surface area contributed by atoms with Crippen molar-refractivity contribution in [2.75, 3.05) is 20.3 Å². The number of nitro groups is 1. The maximum absolute atomic E-state index is 12.9. The highest BCUT2D eigenvalue weighted by Crippen LogP contribution is 2.67. The molecule has 10 heteroatoms. The van der Waals surface area contributed by atoms with Gasteiger partial charge in [-0.25, -0.2) is 4.79 Å². The molecule has 6 atom stereocenters. The van der Waals surface area contributed by atoms with Crippen LogP contribution >= 0.6 is 0 Å². The molecular formula is C27H32N2O8. The number of ether oxygens (including phenoxy) is 3. The quantitative estimate of drug-likeness (QED) is 0.184. The zero-order valence-electron chi connectivity index (χ0n) is 21.6. The van der Waals surface area contributed by atoms with Gasteiger partial charge in [0.25, 0.3) is 5.69 Å². The fourth-order valence-corrected chi connectivity index (χ4v) is 6.46. The lowest BCUT2D eigenvalue weighted by Crippen LogP contribution is -2.53. The number of methoxy groups -OCH3 is 1. The van der Waals surface area contributed by atoms with Gasteiger partial charge in [-0.3, -0.25) is 19.7 Å². The fraction of sp³-hybridized carbons (Fsp3) is 0.519. The molecule has 1 saturated heterocycles. The molecule has 1 amide bonds. The van der Waals surface area contributed by atoms with Crippen LogP contribution in [-0.4, -0.2) is 60.3 Å². The second-order valence-electron chi connectivity index (χ2n) is 10.9. The number of para-hydroxylation sites is 1. The van der Waals surface area contributed by atoms with Crippen molar-refractivity contribution >= 4 is 29.3 Å². The Bertz CT molecular complexity index is 1190. The van der Waals surface area contributed by atoms with Crippen molar-refractivity contribution in [2.24, 2.45) is 28.6 Å². The molecule has 198 valence electrons. The lowest BCUT2D eigenvalue weighted by atomic mass is 9.63. The third-order valence-electron chi connectivity index (χ3n) is 7.80. The molecular weight excluding hydrogens is 480 g/mol. The van der Waals surface area contributed by atoms with E-state index >= 15 is 0 Å². The van der Waals surface area contributed by atoms with Crippen molar-refractivity contribution < 1.29 is 33.5 Å². The van der Waals surface area contributed by atoms with Crippen LogP contribution in [0.25, 0.3) is 5.57 Å². The molecule has 1 aromatic carbocycles. The molecule has 2 fully saturated rings. The van der Waals surface area contributed by atoms with Crippen molar-refractivity contribution in [3.63, 3.8) is 0 Å². The summed E-state index contributed by atoms with van der Waals surface area (Å²) in [6, 6.07) is 5.82. The normalized spacial score (nSPS) is 29.8. The van der Waals surface area contributed by atoms with Crippen LogP contribution in [-0.2, 0) is 23.8 Å². The molecule has 1 aromatic rings. The number of amides is 1. The van der Waals surface area contributed by atoms with E-state index in [-0.39, 0.29) is 24.8 Å². The predicted molar refractivity (Wildman–Crippen MR) is 133 cm³/mol. The maximum atomic E-state index is 12.9. The smallest absolute Gasteiger partial charge is 0.409 e. The van der Waals surface area contributed by atoms with Crippen LogP contribution in [0.1, 0.15) is 33.3 Å². The minimum Gasteiger partial charge on any atom is -0.465 e. The first-order valence-corrected chi connectivity index (χ1v) is 12.2. The standard InChI is InChI=1S/C27H32N2O8/c1-7-27-14-28(25(32)35-6)23-18(13-36-24(31)26(3,4)5)21(27)20(37-15(2)30)12-17(22(23)27)16-10-8-9-11-19(16)29(33)34/h7-12,18,20-23H,1,13-14H2,2-6H3/t18-,20+,21-,22-,23+,27-/m0/s1. The number of nitro benzene ring substituents is 1. The molecule has 0 radical (unpaired) electrons. The highest BCUT2D eigenvalue weighted by molar-refractivity contribution is 5.81. The van der Waals surface area contributed by atoms with Crippen LogP contribution < -0.4 is 0 Å². The van der Waals surface area contributed by atoms with Crippen LogP contribution in [0.3, 0.4) is 0 Å². The van der Waals surface area contributed by atoms with Crippen LogP contribution in [0.2, 0.25) is 0 Å². The van der Waals surface area contributed by atoms with E-state index in [2.05, 4.69) is 6.58 Å². The van der Waals surface area contributed by atoms with Crippen LogP contribution in [0, 0.1) is 38.7 Å². The molecule has 4 bridgehead atoms. The van der Waals surface area contributed by atoms with Crippen molar-refractivity contribution in [1.82, 2.24) is 4.90 Å². The van der Waals surface area contributed by atoms with Gasteiger partial charge in [-0.15, -0.1) is 6.58 Å². The Morgan fingerprint density at radius 3 is 2.51 bits per heavy atom. The molecule has 0 aromatic heterocycles. The first-order valence-electron chi connectivity index (χ1n) is 12.2. The van der Waals surface area contributed by atoms with Gasteiger partial charge in [-0.05, 0) is 38.5 Å².